The van der Waals surface area contributed by atoms with Crippen LogP contribution in [0.2, 0.25) is 0 Å². The molecule has 352 valence electrons. The molecule has 6 heteroatoms. The zero-order valence-electron chi connectivity index (χ0n) is 40.2. The molecule has 0 rings (SSSR count). The highest BCUT2D eigenvalue weighted by Gasteiger charge is 2.19. The normalized spacial score (nSPS) is 12.5. The van der Waals surface area contributed by atoms with Crippen molar-refractivity contribution in [2.75, 3.05) is 13.2 Å². The average molecular weight is 853 g/mol. The Morgan fingerprint density at radius 2 is 0.639 bits per heavy atom. The average Bonchev–Trinajstić information content (AvgIpc) is 3.26. The maximum atomic E-state index is 12.8. The van der Waals surface area contributed by atoms with E-state index in [4.69, 9.17) is 14.2 Å². The second-order valence-corrected chi connectivity index (χ2v) is 17.0. The first-order chi connectivity index (χ1) is 30.0. The van der Waals surface area contributed by atoms with Gasteiger partial charge in [-0.15, -0.1) is 0 Å². The lowest BCUT2D eigenvalue weighted by molar-refractivity contribution is -0.167. The van der Waals surface area contributed by atoms with Crippen LogP contribution in [-0.2, 0) is 28.6 Å². The summed E-state index contributed by atoms with van der Waals surface area (Å²) < 4.78 is 16.8. The standard InChI is InChI=1S/C55H96O6/c1-4-7-10-13-16-19-22-25-27-30-33-36-39-42-45-48-54(57)60-51-52(50-59-53(56)47-44-41-38-35-32-29-24-21-18-15-12-9-6-3)61-55(58)49-46-43-40-37-34-31-28-26-23-20-17-14-11-8-5-2/h9,12,18,21,25-29,32,52H,4-8,10-11,13-17,19-20,22-24,30-31,33-51H2,1-3H3/b12-9-,21-18-,27-25-,28-26-,32-29-. The predicted molar refractivity (Wildman–Crippen MR) is 261 cm³/mol. The van der Waals surface area contributed by atoms with Crippen molar-refractivity contribution in [3.05, 3.63) is 60.8 Å². The van der Waals surface area contributed by atoms with Crippen LogP contribution in [0.25, 0.3) is 0 Å². The zero-order chi connectivity index (χ0) is 44.4. The highest BCUT2D eigenvalue weighted by molar-refractivity contribution is 5.71. The highest BCUT2D eigenvalue weighted by atomic mass is 16.6. The van der Waals surface area contributed by atoms with Gasteiger partial charge < -0.3 is 14.2 Å². The zero-order valence-corrected chi connectivity index (χ0v) is 40.2. The van der Waals surface area contributed by atoms with Gasteiger partial charge in [0, 0.05) is 19.3 Å². The van der Waals surface area contributed by atoms with Crippen molar-refractivity contribution < 1.29 is 28.6 Å². The molecule has 61 heavy (non-hydrogen) atoms. The molecule has 0 aromatic rings. The molecule has 0 aromatic carbocycles. The summed E-state index contributed by atoms with van der Waals surface area (Å²) in [5, 5.41) is 0. The third-order valence-electron chi connectivity index (χ3n) is 11.0. The van der Waals surface area contributed by atoms with Gasteiger partial charge in [-0.3, -0.25) is 14.4 Å². The van der Waals surface area contributed by atoms with E-state index >= 15 is 0 Å². The number of ether oxygens (including phenoxy) is 3. The Balaban J connectivity index is 4.44. The first-order valence-corrected chi connectivity index (χ1v) is 25.8. The van der Waals surface area contributed by atoms with Gasteiger partial charge in [0.25, 0.3) is 0 Å². The first kappa shape index (κ1) is 58.1. The van der Waals surface area contributed by atoms with Crippen molar-refractivity contribution in [2.24, 2.45) is 0 Å². The number of unbranched alkanes of at least 4 members (excludes halogenated alkanes) is 25. The van der Waals surface area contributed by atoms with Gasteiger partial charge in [0.1, 0.15) is 13.2 Å². The van der Waals surface area contributed by atoms with Crippen molar-refractivity contribution in [3.8, 4) is 0 Å². The lowest BCUT2D eigenvalue weighted by Crippen LogP contribution is -2.30. The topological polar surface area (TPSA) is 78.9 Å². The van der Waals surface area contributed by atoms with E-state index in [1.165, 1.54) is 109 Å². The van der Waals surface area contributed by atoms with Crippen LogP contribution in [0.1, 0.15) is 252 Å². The Hall–Kier alpha value is -2.89. The van der Waals surface area contributed by atoms with Crippen LogP contribution in [0.3, 0.4) is 0 Å². The van der Waals surface area contributed by atoms with Crippen molar-refractivity contribution in [1.82, 2.24) is 0 Å². The minimum absolute atomic E-state index is 0.0910. The summed E-state index contributed by atoms with van der Waals surface area (Å²) in [7, 11) is 0. The van der Waals surface area contributed by atoms with Gasteiger partial charge >= 0.3 is 17.9 Å². The number of allylic oxidation sites excluding steroid dienone is 10. The second kappa shape index (κ2) is 49.8. The SMILES string of the molecule is CC/C=C\C/C=C\C/C=C\CCCCCC(=O)OCC(COC(=O)CCCCCCC/C=C\CCCCCCCC)OC(=O)CCCCCCC/C=C\CCCCCCCC. The molecule has 1 unspecified atom stereocenters. The van der Waals surface area contributed by atoms with Crippen molar-refractivity contribution in [2.45, 2.75) is 258 Å². The van der Waals surface area contributed by atoms with Crippen LogP contribution in [0.4, 0.5) is 0 Å². The summed E-state index contributed by atoms with van der Waals surface area (Å²) in [5.74, 6) is -0.934. The van der Waals surface area contributed by atoms with Crippen LogP contribution >= 0.6 is 0 Å². The molecule has 0 radical (unpaired) electrons. The molecule has 0 fully saturated rings. The van der Waals surface area contributed by atoms with Gasteiger partial charge in [-0.1, -0.05) is 191 Å². The molecule has 0 heterocycles. The molecule has 6 nitrogen and oxygen atoms in total. The molecule has 0 aliphatic carbocycles. The summed E-state index contributed by atoms with van der Waals surface area (Å²) in [6.07, 6.45) is 60.6. The van der Waals surface area contributed by atoms with Gasteiger partial charge in [-0.05, 0) is 103 Å². The minimum Gasteiger partial charge on any atom is -0.462 e. The summed E-state index contributed by atoms with van der Waals surface area (Å²) in [6, 6.07) is 0. The molecule has 0 amide bonds. The van der Waals surface area contributed by atoms with Gasteiger partial charge in [0.05, 0.1) is 0 Å². The van der Waals surface area contributed by atoms with Gasteiger partial charge in [0.15, 0.2) is 6.10 Å². The Kier molecular flexibility index (Phi) is 47.4. The van der Waals surface area contributed by atoms with Crippen molar-refractivity contribution in [3.63, 3.8) is 0 Å². The molecule has 1 atom stereocenters. The molecule has 0 saturated carbocycles. The van der Waals surface area contributed by atoms with Crippen LogP contribution in [0.5, 0.6) is 0 Å². The van der Waals surface area contributed by atoms with Gasteiger partial charge in [-0.25, -0.2) is 0 Å². The number of hydrogen-bond acceptors (Lipinski definition) is 6. The predicted octanol–water partition coefficient (Wildman–Crippen LogP) is 16.9. The monoisotopic (exact) mass is 853 g/mol. The Morgan fingerprint density at radius 1 is 0.344 bits per heavy atom. The quantitative estimate of drug-likeness (QED) is 0.0263. The number of hydrogen-bond donors (Lipinski definition) is 0. The van der Waals surface area contributed by atoms with E-state index in [0.717, 1.165) is 103 Å². The number of carbonyl (C=O) groups excluding carboxylic acids is 3. The van der Waals surface area contributed by atoms with Crippen LogP contribution < -0.4 is 0 Å². The van der Waals surface area contributed by atoms with E-state index in [0.29, 0.717) is 19.3 Å². The maximum Gasteiger partial charge on any atom is 0.306 e. The van der Waals surface area contributed by atoms with Crippen molar-refractivity contribution >= 4 is 17.9 Å². The minimum atomic E-state index is -0.792. The number of esters is 3. The fraction of sp³-hybridized carbons (Fsp3) is 0.764. The van der Waals surface area contributed by atoms with Crippen LogP contribution in [0, 0.1) is 0 Å². The first-order valence-electron chi connectivity index (χ1n) is 25.8. The van der Waals surface area contributed by atoms with E-state index < -0.39 is 6.10 Å². The second-order valence-electron chi connectivity index (χ2n) is 17.0. The Bertz CT molecular complexity index is 1120. The highest BCUT2D eigenvalue weighted by Crippen LogP contribution is 2.14. The molecule has 0 N–H and O–H groups in total. The molecular formula is C55H96O6. The summed E-state index contributed by atoms with van der Waals surface area (Å²) in [5.41, 5.74) is 0. The molecule has 0 spiro atoms. The largest absolute Gasteiger partial charge is 0.462 e. The van der Waals surface area contributed by atoms with Crippen LogP contribution in [0.15, 0.2) is 60.8 Å². The molecule has 0 aliphatic heterocycles. The molecule has 0 aromatic heterocycles. The molecular weight excluding hydrogens is 757 g/mol. The number of carbonyl (C=O) groups is 3. The summed E-state index contributed by atoms with van der Waals surface area (Å²) in [4.78, 5) is 37.9. The summed E-state index contributed by atoms with van der Waals surface area (Å²) >= 11 is 0. The Morgan fingerprint density at radius 3 is 1.03 bits per heavy atom. The number of rotatable bonds is 46. The van der Waals surface area contributed by atoms with E-state index in [1.54, 1.807) is 0 Å². The summed E-state index contributed by atoms with van der Waals surface area (Å²) in [6.45, 7) is 6.48. The lowest BCUT2D eigenvalue weighted by Gasteiger charge is -2.18. The fourth-order valence-corrected chi connectivity index (χ4v) is 7.09. The molecule has 0 aliphatic rings. The molecule has 0 saturated heterocycles. The van der Waals surface area contributed by atoms with E-state index in [1.807, 2.05) is 0 Å². The van der Waals surface area contributed by atoms with Gasteiger partial charge in [0.2, 0.25) is 0 Å². The van der Waals surface area contributed by atoms with Crippen LogP contribution in [-0.4, -0.2) is 37.2 Å². The van der Waals surface area contributed by atoms with Gasteiger partial charge in [-0.2, -0.15) is 0 Å². The van der Waals surface area contributed by atoms with Crippen molar-refractivity contribution in [1.29, 1.82) is 0 Å². The smallest absolute Gasteiger partial charge is 0.306 e. The third kappa shape index (κ3) is 48.0. The Labute approximate surface area is 377 Å². The molecule has 0 bridgehead atoms. The lowest BCUT2D eigenvalue weighted by atomic mass is 10.1. The fourth-order valence-electron chi connectivity index (χ4n) is 7.09. The maximum absolute atomic E-state index is 12.8. The van der Waals surface area contributed by atoms with E-state index in [9.17, 15) is 14.4 Å². The van der Waals surface area contributed by atoms with E-state index in [-0.39, 0.29) is 31.1 Å². The van der Waals surface area contributed by atoms with E-state index in [2.05, 4.69) is 81.5 Å². The third-order valence-corrected chi connectivity index (χ3v) is 11.0.